The Balaban J connectivity index is 2.10. The standard InChI is InChI=1S/C18H30N2/c1-5-20(18-9-7-6-8-15(18)3)13-16-12-14(2)10-11-17(16)19-4/h6-9,14,16-17,19H,5,10-13H2,1-4H3. The lowest BCUT2D eigenvalue weighted by Gasteiger charge is -2.38. The molecule has 112 valence electrons. The van der Waals surface area contributed by atoms with Crippen LogP contribution < -0.4 is 10.2 Å². The lowest BCUT2D eigenvalue weighted by Crippen LogP contribution is -2.44. The van der Waals surface area contributed by atoms with Crippen molar-refractivity contribution >= 4 is 5.69 Å². The molecule has 0 spiro atoms. The zero-order chi connectivity index (χ0) is 14.5. The predicted octanol–water partition coefficient (Wildman–Crippen LogP) is 3.85. The minimum Gasteiger partial charge on any atom is -0.371 e. The van der Waals surface area contributed by atoms with E-state index in [1.54, 1.807) is 0 Å². The molecule has 0 bridgehead atoms. The van der Waals surface area contributed by atoms with E-state index < -0.39 is 0 Å². The van der Waals surface area contributed by atoms with Gasteiger partial charge < -0.3 is 10.2 Å². The molecule has 1 aromatic rings. The fourth-order valence-corrected chi connectivity index (χ4v) is 3.68. The zero-order valence-electron chi connectivity index (χ0n) is 13.5. The van der Waals surface area contributed by atoms with Crippen molar-refractivity contribution in [1.29, 1.82) is 0 Å². The Labute approximate surface area is 124 Å². The molecule has 3 unspecified atom stereocenters. The van der Waals surface area contributed by atoms with Crippen molar-refractivity contribution in [2.75, 3.05) is 25.0 Å². The lowest BCUT2D eigenvalue weighted by molar-refractivity contribution is 0.224. The molecule has 1 N–H and O–H groups in total. The molecule has 0 radical (unpaired) electrons. The van der Waals surface area contributed by atoms with Crippen LogP contribution in [0.15, 0.2) is 24.3 Å². The van der Waals surface area contributed by atoms with Crippen molar-refractivity contribution in [1.82, 2.24) is 5.32 Å². The number of hydrogen-bond donors (Lipinski definition) is 1. The second kappa shape index (κ2) is 7.12. The highest BCUT2D eigenvalue weighted by Crippen LogP contribution is 2.31. The Bertz CT molecular complexity index is 416. The van der Waals surface area contributed by atoms with Crippen LogP contribution >= 0.6 is 0 Å². The summed E-state index contributed by atoms with van der Waals surface area (Å²) in [6.45, 7) is 9.16. The molecule has 0 amide bonds. The summed E-state index contributed by atoms with van der Waals surface area (Å²) in [6.07, 6.45) is 4.06. The van der Waals surface area contributed by atoms with E-state index in [2.05, 4.69) is 62.3 Å². The van der Waals surface area contributed by atoms with E-state index in [1.807, 2.05) is 0 Å². The van der Waals surface area contributed by atoms with Crippen LogP contribution in [0.2, 0.25) is 0 Å². The fourth-order valence-electron chi connectivity index (χ4n) is 3.68. The molecule has 1 aliphatic rings. The monoisotopic (exact) mass is 274 g/mol. The molecular weight excluding hydrogens is 244 g/mol. The first-order valence-corrected chi connectivity index (χ1v) is 8.13. The summed E-state index contributed by atoms with van der Waals surface area (Å²) >= 11 is 0. The average molecular weight is 274 g/mol. The van der Waals surface area contributed by atoms with Crippen molar-refractivity contribution in [2.24, 2.45) is 11.8 Å². The number of hydrogen-bond acceptors (Lipinski definition) is 2. The Morgan fingerprint density at radius 2 is 2.00 bits per heavy atom. The minimum atomic E-state index is 0.685. The van der Waals surface area contributed by atoms with Crippen LogP contribution in [0.3, 0.4) is 0 Å². The van der Waals surface area contributed by atoms with E-state index >= 15 is 0 Å². The summed E-state index contributed by atoms with van der Waals surface area (Å²) in [4.78, 5) is 2.56. The van der Waals surface area contributed by atoms with Gasteiger partial charge in [0.2, 0.25) is 0 Å². The Morgan fingerprint density at radius 3 is 2.65 bits per heavy atom. The van der Waals surface area contributed by atoms with Gasteiger partial charge in [-0.1, -0.05) is 25.1 Å². The molecule has 1 fully saturated rings. The van der Waals surface area contributed by atoms with Gasteiger partial charge in [-0.15, -0.1) is 0 Å². The zero-order valence-corrected chi connectivity index (χ0v) is 13.5. The van der Waals surface area contributed by atoms with E-state index in [0.29, 0.717) is 6.04 Å². The van der Waals surface area contributed by atoms with Gasteiger partial charge >= 0.3 is 0 Å². The normalized spacial score (nSPS) is 26.5. The summed E-state index contributed by atoms with van der Waals surface area (Å²) in [5.74, 6) is 1.64. The van der Waals surface area contributed by atoms with E-state index in [4.69, 9.17) is 0 Å². The van der Waals surface area contributed by atoms with Crippen LogP contribution in [0.4, 0.5) is 5.69 Å². The van der Waals surface area contributed by atoms with Gasteiger partial charge in [-0.3, -0.25) is 0 Å². The minimum absolute atomic E-state index is 0.685. The van der Waals surface area contributed by atoms with Crippen molar-refractivity contribution in [2.45, 2.75) is 46.1 Å². The van der Waals surface area contributed by atoms with E-state index in [0.717, 1.165) is 18.4 Å². The van der Waals surface area contributed by atoms with E-state index in [-0.39, 0.29) is 0 Å². The molecule has 2 rings (SSSR count). The smallest absolute Gasteiger partial charge is 0.0395 e. The van der Waals surface area contributed by atoms with Crippen LogP contribution in [0.5, 0.6) is 0 Å². The predicted molar refractivity (Wildman–Crippen MR) is 88.4 cm³/mol. The average Bonchev–Trinajstić information content (AvgIpc) is 2.46. The SMILES string of the molecule is CCN(CC1CC(C)CCC1NC)c1ccccc1C. The summed E-state index contributed by atoms with van der Waals surface area (Å²) in [5.41, 5.74) is 2.79. The number of rotatable bonds is 5. The van der Waals surface area contributed by atoms with Crippen LogP contribution in [-0.4, -0.2) is 26.2 Å². The summed E-state index contributed by atoms with van der Waals surface area (Å²) < 4.78 is 0. The van der Waals surface area contributed by atoms with Crippen LogP contribution in [0.1, 0.15) is 38.7 Å². The summed E-state index contributed by atoms with van der Waals surface area (Å²) in [7, 11) is 2.12. The maximum absolute atomic E-state index is 3.54. The second-order valence-electron chi connectivity index (χ2n) is 6.40. The van der Waals surface area contributed by atoms with Gasteiger partial charge in [0.25, 0.3) is 0 Å². The largest absolute Gasteiger partial charge is 0.371 e. The van der Waals surface area contributed by atoms with Crippen molar-refractivity contribution in [3.8, 4) is 0 Å². The third-order valence-corrected chi connectivity index (χ3v) is 4.91. The maximum Gasteiger partial charge on any atom is 0.0395 e. The molecule has 0 heterocycles. The third kappa shape index (κ3) is 3.54. The van der Waals surface area contributed by atoms with Gasteiger partial charge in [-0.25, -0.2) is 0 Å². The molecule has 1 aliphatic carbocycles. The van der Waals surface area contributed by atoms with Gasteiger partial charge in [-0.05, 0) is 63.6 Å². The molecule has 20 heavy (non-hydrogen) atoms. The van der Waals surface area contributed by atoms with Gasteiger partial charge in [0.1, 0.15) is 0 Å². The van der Waals surface area contributed by atoms with E-state index in [1.165, 1.54) is 37.1 Å². The number of para-hydroxylation sites is 1. The first-order chi connectivity index (χ1) is 9.65. The number of anilines is 1. The number of nitrogens with one attached hydrogen (secondary N) is 1. The van der Waals surface area contributed by atoms with Crippen molar-refractivity contribution in [3.05, 3.63) is 29.8 Å². The van der Waals surface area contributed by atoms with Crippen molar-refractivity contribution < 1.29 is 0 Å². The first kappa shape index (κ1) is 15.4. The molecule has 0 aromatic heterocycles. The quantitative estimate of drug-likeness (QED) is 0.877. The number of nitrogens with zero attached hydrogens (tertiary/aromatic N) is 1. The number of benzene rings is 1. The summed E-state index contributed by atoms with van der Waals surface area (Å²) in [6, 6.07) is 9.45. The molecule has 2 heteroatoms. The highest BCUT2D eigenvalue weighted by molar-refractivity contribution is 5.52. The number of aryl methyl sites for hydroxylation is 1. The first-order valence-electron chi connectivity index (χ1n) is 8.13. The molecule has 3 atom stereocenters. The third-order valence-electron chi connectivity index (χ3n) is 4.91. The highest BCUT2D eigenvalue weighted by atomic mass is 15.1. The molecule has 0 aliphatic heterocycles. The topological polar surface area (TPSA) is 15.3 Å². The molecular formula is C18H30N2. The van der Waals surface area contributed by atoms with Crippen LogP contribution in [-0.2, 0) is 0 Å². The van der Waals surface area contributed by atoms with Gasteiger partial charge in [-0.2, -0.15) is 0 Å². The van der Waals surface area contributed by atoms with Crippen LogP contribution in [0, 0.1) is 18.8 Å². The van der Waals surface area contributed by atoms with Crippen LogP contribution in [0.25, 0.3) is 0 Å². The molecule has 1 saturated carbocycles. The van der Waals surface area contributed by atoms with Gasteiger partial charge in [0, 0.05) is 24.8 Å². The second-order valence-corrected chi connectivity index (χ2v) is 6.40. The summed E-state index contributed by atoms with van der Waals surface area (Å²) in [5, 5.41) is 3.54. The van der Waals surface area contributed by atoms with E-state index in [9.17, 15) is 0 Å². The molecule has 2 nitrogen and oxygen atoms in total. The maximum atomic E-state index is 3.54. The Kier molecular flexibility index (Phi) is 5.47. The fraction of sp³-hybridized carbons (Fsp3) is 0.667. The van der Waals surface area contributed by atoms with Gasteiger partial charge in [0.15, 0.2) is 0 Å². The molecule has 0 saturated heterocycles. The van der Waals surface area contributed by atoms with Crippen molar-refractivity contribution in [3.63, 3.8) is 0 Å². The lowest BCUT2D eigenvalue weighted by atomic mass is 9.78. The highest BCUT2D eigenvalue weighted by Gasteiger charge is 2.29. The Morgan fingerprint density at radius 1 is 1.25 bits per heavy atom. The molecule has 1 aromatic carbocycles. The van der Waals surface area contributed by atoms with Gasteiger partial charge in [0.05, 0.1) is 0 Å². The Hall–Kier alpha value is -1.02.